The van der Waals surface area contributed by atoms with Crippen LogP contribution < -0.4 is 0 Å². The van der Waals surface area contributed by atoms with E-state index in [1.165, 1.54) is 5.56 Å². The summed E-state index contributed by atoms with van der Waals surface area (Å²) in [5, 5.41) is 0. The highest BCUT2D eigenvalue weighted by atomic mass is 32.2. The number of sulfonamides is 1. The molecule has 1 saturated heterocycles. The van der Waals surface area contributed by atoms with Crippen LogP contribution in [0.3, 0.4) is 0 Å². The minimum Gasteiger partial charge on any atom is -0.257 e. The number of hydrogen-bond acceptors (Lipinski definition) is 3. The molecule has 1 fully saturated rings. The second-order valence-electron chi connectivity index (χ2n) is 7.66. The van der Waals surface area contributed by atoms with Crippen molar-refractivity contribution < 1.29 is 8.42 Å². The van der Waals surface area contributed by atoms with Gasteiger partial charge >= 0.3 is 0 Å². The van der Waals surface area contributed by atoms with E-state index >= 15 is 0 Å². The smallest absolute Gasteiger partial charge is 0.218 e. The molecule has 4 rings (SSSR count). The van der Waals surface area contributed by atoms with Crippen molar-refractivity contribution in [1.82, 2.24) is 9.29 Å². The van der Waals surface area contributed by atoms with E-state index in [1.54, 1.807) is 4.31 Å². The van der Waals surface area contributed by atoms with Gasteiger partial charge < -0.3 is 0 Å². The topological polar surface area (TPSA) is 50.3 Å². The molecule has 2 heterocycles. The zero-order valence-corrected chi connectivity index (χ0v) is 17.3. The van der Waals surface area contributed by atoms with Gasteiger partial charge in [-0.2, -0.15) is 0 Å². The average molecular weight is 407 g/mol. The number of rotatable bonds is 6. The van der Waals surface area contributed by atoms with Crippen LogP contribution in [0.15, 0.2) is 78.9 Å². The van der Waals surface area contributed by atoms with Crippen molar-refractivity contribution in [2.75, 3.05) is 13.1 Å². The Kier molecular flexibility index (Phi) is 6.07. The number of pyridine rings is 1. The van der Waals surface area contributed by atoms with Crippen LogP contribution >= 0.6 is 0 Å². The van der Waals surface area contributed by atoms with Crippen molar-refractivity contribution in [2.24, 2.45) is 0 Å². The van der Waals surface area contributed by atoms with Gasteiger partial charge in [0.05, 0.1) is 5.75 Å². The first-order valence-corrected chi connectivity index (χ1v) is 11.7. The average Bonchev–Trinajstić information content (AvgIpc) is 2.75. The standard InChI is InChI=1S/C24H26N2O2S/c27-29(28,19-21-11-5-2-6-12-21)26-16-8-13-22(18-26)24-15-7-14-23(25-24)17-20-9-3-1-4-10-20/h1-7,9-12,14-15,22H,8,13,16-19H2/t22-/m1/s1. The van der Waals surface area contributed by atoms with Crippen LogP contribution in [-0.4, -0.2) is 30.8 Å². The summed E-state index contributed by atoms with van der Waals surface area (Å²) in [6.07, 6.45) is 2.62. The molecule has 0 bridgehead atoms. The third-order valence-corrected chi connectivity index (χ3v) is 7.26. The maximum Gasteiger partial charge on any atom is 0.218 e. The van der Waals surface area contributed by atoms with Gasteiger partial charge in [0.2, 0.25) is 10.0 Å². The van der Waals surface area contributed by atoms with Crippen LogP contribution in [-0.2, 0) is 22.2 Å². The van der Waals surface area contributed by atoms with Crippen molar-refractivity contribution in [2.45, 2.75) is 30.9 Å². The molecular weight excluding hydrogens is 380 g/mol. The molecule has 4 nitrogen and oxygen atoms in total. The zero-order chi connectivity index (χ0) is 20.1. The molecule has 3 aromatic rings. The van der Waals surface area contributed by atoms with E-state index in [9.17, 15) is 8.42 Å². The van der Waals surface area contributed by atoms with Gasteiger partial charge in [0.15, 0.2) is 0 Å². The number of hydrogen-bond donors (Lipinski definition) is 0. The van der Waals surface area contributed by atoms with Crippen LogP contribution in [0.5, 0.6) is 0 Å². The monoisotopic (exact) mass is 406 g/mol. The summed E-state index contributed by atoms with van der Waals surface area (Å²) < 4.78 is 27.5. The third kappa shape index (κ3) is 5.11. The lowest BCUT2D eigenvalue weighted by Crippen LogP contribution is -2.39. The molecule has 29 heavy (non-hydrogen) atoms. The summed E-state index contributed by atoms with van der Waals surface area (Å²) in [7, 11) is -3.33. The maximum atomic E-state index is 12.9. The van der Waals surface area contributed by atoms with Crippen LogP contribution in [0, 0.1) is 0 Å². The van der Waals surface area contributed by atoms with Crippen LogP contribution in [0.2, 0.25) is 0 Å². The molecule has 150 valence electrons. The molecule has 0 spiro atoms. The first-order chi connectivity index (χ1) is 14.1. The van der Waals surface area contributed by atoms with Crippen molar-refractivity contribution in [3.8, 4) is 0 Å². The lowest BCUT2D eigenvalue weighted by atomic mass is 9.95. The minimum atomic E-state index is -3.33. The Hall–Kier alpha value is -2.50. The number of piperidine rings is 1. The van der Waals surface area contributed by atoms with Crippen molar-refractivity contribution >= 4 is 10.0 Å². The first-order valence-electron chi connectivity index (χ1n) is 10.1. The van der Waals surface area contributed by atoms with Gasteiger partial charge in [-0.05, 0) is 36.1 Å². The van der Waals surface area contributed by atoms with Gasteiger partial charge in [0, 0.05) is 36.8 Å². The fourth-order valence-electron chi connectivity index (χ4n) is 3.94. The minimum absolute atomic E-state index is 0.0576. The molecule has 0 aliphatic carbocycles. The van der Waals surface area contributed by atoms with Gasteiger partial charge in [-0.25, -0.2) is 12.7 Å². The second-order valence-corrected chi connectivity index (χ2v) is 9.62. The molecule has 5 heteroatoms. The summed E-state index contributed by atoms with van der Waals surface area (Å²) in [4.78, 5) is 4.87. The molecule has 0 unspecified atom stereocenters. The van der Waals surface area contributed by atoms with E-state index in [0.29, 0.717) is 13.1 Å². The van der Waals surface area contributed by atoms with Crippen LogP contribution in [0.25, 0.3) is 0 Å². The van der Waals surface area contributed by atoms with E-state index < -0.39 is 10.0 Å². The molecule has 0 saturated carbocycles. The zero-order valence-electron chi connectivity index (χ0n) is 16.4. The quantitative estimate of drug-likeness (QED) is 0.610. The molecule has 1 aliphatic rings. The summed E-state index contributed by atoms with van der Waals surface area (Å²) in [5.41, 5.74) is 4.08. The molecule has 0 amide bonds. The highest BCUT2D eigenvalue weighted by molar-refractivity contribution is 7.88. The largest absolute Gasteiger partial charge is 0.257 e. The summed E-state index contributed by atoms with van der Waals surface area (Å²) in [5.74, 6) is 0.201. The van der Waals surface area contributed by atoms with Crippen molar-refractivity contribution in [3.05, 3.63) is 101 Å². The van der Waals surface area contributed by atoms with Crippen molar-refractivity contribution in [1.29, 1.82) is 0 Å². The molecular formula is C24H26N2O2S. The number of nitrogens with zero attached hydrogens (tertiary/aromatic N) is 2. The number of aromatic nitrogens is 1. The molecule has 1 atom stereocenters. The van der Waals surface area contributed by atoms with Crippen LogP contribution in [0.4, 0.5) is 0 Å². The fraction of sp³-hybridized carbons (Fsp3) is 0.292. The third-order valence-electron chi connectivity index (χ3n) is 5.44. The molecule has 0 radical (unpaired) electrons. The Morgan fingerprint density at radius 2 is 1.55 bits per heavy atom. The SMILES string of the molecule is O=S(=O)(Cc1ccccc1)N1CCC[C@@H](c2cccc(Cc3ccccc3)n2)C1. The summed E-state index contributed by atoms with van der Waals surface area (Å²) in [6.45, 7) is 1.10. The Balaban J connectivity index is 1.47. The number of benzene rings is 2. The van der Waals surface area contributed by atoms with Gasteiger partial charge in [-0.15, -0.1) is 0 Å². The highest BCUT2D eigenvalue weighted by Gasteiger charge is 2.30. The summed E-state index contributed by atoms with van der Waals surface area (Å²) in [6, 6.07) is 25.8. The first kappa shape index (κ1) is 19.8. The second kappa shape index (κ2) is 8.89. The Labute approximate surface area is 173 Å². The molecule has 2 aromatic carbocycles. The summed E-state index contributed by atoms with van der Waals surface area (Å²) >= 11 is 0. The molecule has 1 aliphatic heterocycles. The van der Waals surface area contributed by atoms with E-state index in [-0.39, 0.29) is 11.7 Å². The molecule has 1 aromatic heterocycles. The van der Waals surface area contributed by atoms with Gasteiger partial charge in [0.1, 0.15) is 0 Å². The predicted molar refractivity (Wildman–Crippen MR) is 116 cm³/mol. The van der Waals surface area contributed by atoms with Gasteiger partial charge in [0.25, 0.3) is 0 Å². The normalized spacial score (nSPS) is 17.9. The van der Waals surface area contributed by atoms with E-state index in [0.717, 1.165) is 36.2 Å². The Morgan fingerprint density at radius 3 is 2.28 bits per heavy atom. The fourth-order valence-corrected chi connectivity index (χ4v) is 5.55. The van der Waals surface area contributed by atoms with Crippen LogP contribution in [0.1, 0.15) is 41.3 Å². The van der Waals surface area contributed by atoms with Gasteiger partial charge in [-0.3, -0.25) is 4.98 Å². The van der Waals surface area contributed by atoms with Crippen molar-refractivity contribution in [3.63, 3.8) is 0 Å². The molecule has 0 N–H and O–H groups in total. The lowest BCUT2D eigenvalue weighted by Gasteiger charge is -2.32. The van der Waals surface area contributed by atoms with E-state index in [1.807, 2.05) is 66.7 Å². The Morgan fingerprint density at radius 1 is 0.862 bits per heavy atom. The van der Waals surface area contributed by atoms with E-state index in [2.05, 4.69) is 12.1 Å². The van der Waals surface area contributed by atoms with Gasteiger partial charge in [-0.1, -0.05) is 66.7 Å². The highest BCUT2D eigenvalue weighted by Crippen LogP contribution is 2.28. The Bertz CT molecular complexity index is 1040. The maximum absolute atomic E-state index is 12.9. The van der Waals surface area contributed by atoms with E-state index in [4.69, 9.17) is 4.98 Å². The lowest BCUT2D eigenvalue weighted by molar-refractivity contribution is 0.312. The predicted octanol–water partition coefficient (Wildman–Crippen LogP) is 4.38.